The molecule has 4 fully saturated rings. The standard InChI is InChI=1S/C33H50N2O6/c1-20(36)25-8-9-26-24-7-6-22-16-23(10-13-32(22,4)27(24)11-14-33(25,26)5)35-41-19-29(37)34-28(17-30(38)39)21-12-15-40-31(2,3)18-21/h16,21,24-28H,6-15,17-19H2,1-5H3,(H,34,37)(H,38,39)/b35-23-/t21-,24+,25-,26+,27+,28-,32+,33-/m1/s1. The van der Waals surface area contributed by atoms with Crippen LogP contribution in [-0.2, 0) is 24.0 Å². The highest BCUT2D eigenvalue weighted by Crippen LogP contribution is 2.66. The van der Waals surface area contributed by atoms with Crippen LogP contribution in [0.4, 0.5) is 0 Å². The average Bonchev–Trinajstić information content (AvgIpc) is 3.25. The van der Waals surface area contributed by atoms with Gasteiger partial charge in [0.15, 0.2) is 6.61 Å². The summed E-state index contributed by atoms with van der Waals surface area (Å²) in [5.74, 6) is 1.39. The summed E-state index contributed by atoms with van der Waals surface area (Å²) < 4.78 is 5.78. The van der Waals surface area contributed by atoms with E-state index in [1.54, 1.807) is 6.92 Å². The smallest absolute Gasteiger partial charge is 0.305 e. The van der Waals surface area contributed by atoms with E-state index >= 15 is 0 Å². The van der Waals surface area contributed by atoms with Gasteiger partial charge >= 0.3 is 5.97 Å². The van der Waals surface area contributed by atoms with Crippen LogP contribution in [0.25, 0.3) is 0 Å². The first-order chi connectivity index (χ1) is 19.3. The molecule has 0 bridgehead atoms. The van der Waals surface area contributed by atoms with Gasteiger partial charge in [0.1, 0.15) is 5.78 Å². The minimum Gasteiger partial charge on any atom is -0.481 e. The molecule has 0 spiro atoms. The number of aliphatic carboxylic acids is 1. The van der Waals surface area contributed by atoms with Gasteiger partial charge in [0.05, 0.1) is 17.7 Å². The third-order valence-corrected chi connectivity index (χ3v) is 11.9. The minimum atomic E-state index is -0.929. The van der Waals surface area contributed by atoms with Gasteiger partial charge in [0, 0.05) is 18.6 Å². The zero-order valence-corrected chi connectivity index (χ0v) is 25.7. The molecule has 5 aliphatic rings. The minimum absolute atomic E-state index is 0.0382. The lowest BCUT2D eigenvalue weighted by atomic mass is 9.46. The Balaban J connectivity index is 1.19. The lowest BCUT2D eigenvalue weighted by molar-refractivity contribution is -0.140. The number of nitrogens with zero attached hydrogens (tertiary/aromatic N) is 1. The third kappa shape index (κ3) is 6.00. The Labute approximate surface area is 245 Å². The second kappa shape index (κ2) is 11.5. The van der Waals surface area contributed by atoms with Crippen molar-refractivity contribution in [3.8, 4) is 0 Å². The number of hydrogen-bond acceptors (Lipinski definition) is 6. The molecule has 5 rings (SSSR count). The van der Waals surface area contributed by atoms with Crippen molar-refractivity contribution in [3.05, 3.63) is 11.6 Å². The number of fused-ring (bicyclic) bond motifs is 5. The van der Waals surface area contributed by atoms with Crippen LogP contribution in [0.15, 0.2) is 16.8 Å². The number of allylic oxidation sites excluding steroid dienone is 2. The Hall–Kier alpha value is -2.22. The van der Waals surface area contributed by atoms with E-state index in [1.165, 1.54) is 24.8 Å². The molecule has 0 aromatic rings. The molecule has 8 heteroatoms. The molecular weight excluding hydrogens is 520 g/mol. The maximum atomic E-state index is 12.7. The predicted octanol–water partition coefficient (Wildman–Crippen LogP) is 5.69. The van der Waals surface area contributed by atoms with E-state index in [-0.39, 0.29) is 47.2 Å². The molecule has 4 aliphatic carbocycles. The molecular formula is C33H50N2O6. The molecule has 0 aromatic carbocycles. The largest absolute Gasteiger partial charge is 0.481 e. The van der Waals surface area contributed by atoms with Crippen molar-refractivity contribution in [1.82, 2.24) is 5.32 Å². The van der Waals surface area contributed by atoms with Gasteiger partial charge in [0.2, 0.25) is 0 Å². The van der Waals surface area contributed by atoms with Gasteiger partial charge < -0.3 is 20.0 Å². The number of carbonyl (C=O) groups excluding carboxylic acids is 2. The van der Waals surface area contributed by atoms with Gasteiger partial charge in [-0.3, -0.25) is 14.4 Å². The van der Waals surface area contributed by atoms with Crippen molar-refractivity contribution in [2.75, 3.05) is 13.2 Å². The molecule has 1 aliphatic heterocycles. The van der Waals surface area contributed by atoms with E-state index < -0.39 is 12.0 Å². The number of nitrogens with one attached hydrogen (secondary N) is 1. The molecule has 0 unspecified atom stereocenters. The van der Waals surface area contributed by atoms with Crippen LogP contribution in [0.2, 0.25) is 0 Å². The number of hydrogen-bond donors (Lipinski definition) is 2. The van der Waals surface area contributed by atoms with Gasteiger partial charge in [-0.25, -0.2) is 0 Å². The number of rotatable bonds is 8. The molecule has 8 atom stereocenters. The van der Waals surface area contributed by atoms with Gasteiger partial charge in [-0.05, 0) is 126 Å². The number of carbonyl (C=O) groups is 3. The number of oxime groups is 1. The van der Waals surface area contributed by atoms with Gasteiger partial charge in [0.25, 0.3) is 5.91 Å². The molecule has 8 nitrogen and oxygen atoms in total. The van der Waals surface area contributed by atoms with Crippen LogP contribution in [0.3, 0.4) is 0 Å². The summed E-state index contributed by atoms with van der Waals surface area (Å²) >= 11 is 0. The second-order valence-corrected chi connectivity index (χ2v) is 14.8. The van der Waals surface area contributed by atoms with Gasteiger partial charge in [-0.1, -0.05) is 24.6 Å². The van der Waals surface area contributed by atoms with Crippen LogP contribution in [0, 0.1) is 40.4 Å². The maximum absolute atomic E-state index is 12.7. The first-order valence-electron chi connectivity index (χ1n) is 15.9. The van der Waals surface area contributed by atoms with E-state index in [1.807, 2.05) is 13.8 Å². The zero-order valence-electron chi connectivity index (χ0n) is 25.7. The highest BCUT2D eigenvalue weighted by molar-refractivity contribution is 5.96. The molecule has 3 saturated carbocycles. The van der Waals surface area contributed by atoms with Crippen molar-refractivity contribution < 1.29 is 29.1 Å². The Morgan fingerprint density at radius 2 is 1.85 bits per heavy atom. The molecule has 1 amide bonds. The number of carboxylic acid groups (broad SMARTS) is 1. The lowest BCUT2D eigenvalue weighted by Crippen LogP contribution is -2.51. The van der Waals surface area contributed by atoms with Crippen molar-refractivity contribution in [3.63, 3.8) is 0 Å². The summed E-state index contributed by atoms with van der Waals surface area (Å²) in [6, 6.07) is -0.463. The van der Waals surface area contributed by atoms with Crippen molar-refractivity contribution in [1.29, 1.82) is 0 Å². The summed E-state index contributed by atoms with van der Waals surface area (Å²) in [6.07, 6.45) is 12.2. The number of Topliss-reactive ketones (excluding diaryl/α,β-unsaturated/α-hetero) is 1. The summed E-state index contributed by atoms with van der Waals surface area (Å²) in [6.45, 7) is 11.0. The Morgan fingerprint density at radius 1 is 1.07 bits per heavy atom. The molecule has 2 N–H and O–H groups in total. The average molecular weight is 571 g/mol. The van der Waals surface area contributed by atoms with Crippen LogP contribution in [-0.4, -0.2) is 53.3 Å². The van der Waals surface area contributed by atoms with Crippen LogP contribution in [0.1, 0.15) is 105 Å². The zero-order chi connectivity index (χ0) is 29.6. The first-order valence-corrected chi connectivity index (χ1v) is 15.9. The quantitative estimate of drug-likeness (QED) is 0.362. The molecule has 228 valence electrons. The number of amides is 1. The lowest BCUT2D eigenvalue weighted by Gasteiger charge is -2.58. The van der Waals surface area contributed by atoms with E-state index in [9.17, 15) is 19.5 Å². The number of ketones is 1. The van der Waals surface area contributed by atoms with E-state index in [0.717, 1.165) is 44.2 Å². The Bertz CT molecular complexity index is 1110. The van der Waals surface area contributed by atoms with Crippen molar-refractivity contribution in [2.45, 2.75) is 117 Å². The first kappa shape index (κ1) is 30.2. The fraction of sp³-hybridized carbons (Fsp3) is 0.818. The maximum Gasteiger partial charge on any atom is 0.305 e. The predicted molar refractivity (Wildman–Crippen MR) is 156 cm³/mol. The third-order valence-electron chi connectivity index (χ3n) is 11.9. The van der Waals surface area contributed by atoms with Crippen molar-refractivity contribution in [2.24, 2.45) is 45.6 Å². The highest BCUT2D eigenvalue weighted by atomic mass is 16.6. The fourth-order valence-corrected chi connectivity index (χ4v) is 9.88. The molecule has 1 saturated heterocycles. The topological polar surface area (TPSA) is 114 Å². The van der Waals surface area contributed by atoms with E-state index in [0.29, 0.717) is 36.6 Å². The fourth-order valence-electron chi connectivity index (χ4n) is 9.88. The SMILES string of the molecule is CC(=O)[C@H]1CC[C@H]2[C@@H]3CCC4=C/C(=N\OCC(=O)N[C@H](CC(=O)O)[C@@H]5CCOC(C)(C)C5)CC[C@]4(C)[C@H]3CC[C@]12C. The van der Waals surface area contributed by atoms with Crippen LogP contribution in [0.5, 0.6) is 0 Å². The van der Waals surface area contributed by atoms with Crippen LogP contribution >= 0.6 is 0 Å². The van der Waals surface area contributed by atoms with E-state index in [4.69, 9.17) is 9.57 Å². The van der Waals surface area contributed by atoms with Crippen LogP contribution < -0.4 is 5.32 Å². The molecule has 0 radical (unpaired) electrons. The summed E-state index contributed by atoms with van der Waals surface area (Å²) in [5, 5.41) is 16.7. The monoisotopic (exact) mass is 570 g/mol. The normalized spacial score (nSPS) is 39.5. The second-order valence-electron chi connectivity index (χ2n) is 14.8. The van der Waals surface area contributed by atoms with E-state index in [2.05, 4.69) is 30.4 Å². The molecule has 41 heavy (non-hydrogen) atoms. The Morgan fingerprint density at radius 3 is 2.56 bits per heavy atom. The Kier molecular flexibility index (Phi) is 8.45. The number of carboxylic acids is 1. The van der Waals surface area contributed by atoms with Crippen molar-refractivity contribution >= 4 is 23.4 Å². The molecule has 1 heterocycles. The van der Waals surface area contributed by atoms with Gasteiger partial charge in [-0.2, -0.15) is 0 Å². The molecule has 0 aromatic heterocycles. The summed E-state index contributed by atoms with van der Waals surface area (Å²) in [5.41, 5.74) is 2.35. The van der Waals surface area contributed by atoms with Gasteiger partial charge in [-0.15, -0.1) is 0 Å². The summed E-state index contributed by atoms with van der Waals surface area (Å²) in [4.78, 5) is 42.2. The summed E-state index contributed by atoms with van der Waals surface area (Å²) in [7, 11) is 0. The number of ether oxygens (including phenoxy) is 1. The highest BCUT2D eigenvalue weighted by Gasteiger charge is 2.59.